The zero-order valence-electron chi connectivity index (χ0n) is 13.1. The van der Waals surface area contributed by atoms with Crippen LogP contribution in [0.3, 0.4) is 0 Å². The first-order valence-electron chi connectivity index (χ1n) is 7.44. The van der Waals surface area contributed by atoms with Crippen LogP contribution in [0.25, 0.3) is 0 Å². The second-order valence-electron chi connectivity index (χ2n) is 5.11. The molecule has 9 nitrogen and oxygen atoms in total. The molecule has 1 aliphatic rings. The molecule has 1 aromatic rings. The van der Waals surface area contributed by atoms with Gasteiger partial charge in [0.2, 0.25) is 0 Å². The molecule has 23 heavy (non-hydrogen) atoms. The molecule has 1 fully saturated rings. The average Bonchev–Trinajstić information content (AvgIpc) is 3.00. The fourth-order valence-corrected chi connectivity index (χ4v) is 3.60. The van der Waals surface area contributed by atoms with Crippen LogP contribution in [0.4, 0.5) is 0 Å². The molecule has 0 aliphatic carbocycles. The van der Waals surface area contributed by atoms with E-state index in [9.17, 15) is 8.42 Å². The quantitative estimate of drug-likeness (QED) is 0.504. The van der Waals surface area contributed by atoms with Crippen LogP contribution in [0.15, 0.2) is 11.2 Å². The molecule has 2 rings (SSSR count). The minimum Gasteiger partial charge on any atom is -0.483 e. The second-order valence-corrected chi connectivity index (χ2v) is 6.80. The number of piperidine rings is 1. The van der Waals surface area contributed by atoms with E-state index in [0.717, 1.165) is 25.9 Å². The molecular weight excluding hydrogens is 324 g/mol. The predicted octanol–water partition coefficient (Wildman–Crippen LogP) is -0.592. The van der Waals surface area contributed by atoms with E-state index in [-0.39, 0.29) is 24.1 Å². The maximum Gasteiger partial charge on any atom is 0.290 e. The summed E-state index contributed by atoms with van der Waals surface area (Å²) in [7, 11) is -3.51. The lowest BCUT2D eigenvalue weighted by Crippen LogP contribution is -2.45. The Bertz CT molecular complexity index is 567. The van der Waals surface area contributed by atoms with Gasteiger partial charge in [-0.25, -0.2) is 18.1 Å². The lowest BCUT2D eigenvalue weighted by molar-refractivity contribution is -0.122. The van der Waals surface area contributed by atoms with Gasteiger partial charge in [0.05, 0.1) is 12.8 Å². The summed E-state index contributed by atoms with van der Waals surface area (Å²) in [5.74, 6) is 0.670. The number of imidazole rings is 1. The number of β-amino-alcohol motifs (C(OH)–C–C–N with tert-alkyl or cyclic N) is 1. The Labute approximate surface area is 135 Å². The number of nitrogens with one attached hydrogen (secondary N) is 2. The summed E-state index contributed by atoms with van der Waals surface area (Å²) >= 11 is 0. The molecule has 0 radical (unpaired) electrons. The van der Waals surface area contributed by atoms with E-state index >= 15 is 0 Å². The van der Waals surface area contributed by atoms with Gasteiger partial charge < -0.3 is 20.1 Å². The first kappa shape index (κ1) is 19.6. The summed E-state index contributed by atoms with van der Waals surface area (Å²) in [6, 6.07) is -0.0525. The Kier molecular flexibility index (Phi) is 8.17. The minimum absolute atomic E-state index is 0.0525. The lowest BCUT2D eigenvalue weighted by Gasteiger charge is -2.31. The van der Waals surface area contributed by atoms with E-state index in [2.05, 4.69) is 19.6 Å². The fraction of sp³-hybridized carbons (Fsp3) is 0.692. The molecule has 0 bridgehead atoms. The normalized spacial score (nSPS) is 16.6. The smallest absolute Gasteiger partial charge is 0.290 e. The standard InChI is InChI=1S/C12H22N4O3S.CH2O2/c1-2-11-13-9-12(14-11)20(18,19)15-10-3-5-16(6-4-10)7-8-17;2-1-3/h9-10,15,17H,2-8H2,1H3,(H,13,14);1H,(H,2,3). The number of rotatable bonds is 6. The molecule has 4 N–H and O–H groups in total. The van der Waals surface area contributed by atoms with Gasteiger partial charge in [-0.3, -0.25) is 4.79 Å². The van der Waals surface area contributed by atoms with Crippen molar-refractivity contribution < 1.29 is 23.4 Å². The van der Waals surface area contributed by atoms with Crippen LogP contribution in [0.2, 0.25) is 0 Å². The van der Waals surface area contributed by atoms with Gasteiger partial charge in [0.1, 0.15) is 5.82 Å². The van der Waals surface area contributed by atoms with Crippen LogP contribution < -0.4 is 4.72 Å². The highest BCUT2D eigenvalue weighted by atomic mass is 32.2. The molecular formula is C13H24N4O5S. The van der Waals surface area contributed by atoms with Crippen molar-refractivity contribution in [3.05, 3.63) is 12.0 Å². The van der Waals surface area contributed by atoms with Gasteiger partial charge >= 0.3 is 0 Å². The van der Waals surface area contributed by atoms with Crippen molar-refractivity contribution in [2.24, 2.45) is 0 Å². The summed E-state index contributed by atoms with van der Waals surface area (Å²) in [6.07, 6.45) is 3.55. The highest BCUT2D eigenvalue weighted by Crippen LogP contribution is 2.14. The number of aromatic amines is 1. The van der Waals surface area contributed by atoms with Crippen LogP contribution in [0, 0.1) is 0 Å². The van der Waals surface area contributed by atoms with Gasteiger partial charge in [0.25, 0.3) is 16.5 Å². The third kappa shape index (κ3) is 6.26. The van der Waals surface area contributed by atoms with E-state index in [1.165, 1.54) is 6.20 Å². The average molecular weight is 348 g/mol. The Hall–Kier alpha value is -1.49. The van der Waals surface area contributed by atoms with Crippen molar-refractivity contribution in [1.82, 2.24) is 19.6 Å². The number of carbonyl (C=O) groups is 1. The van der Waals surface area contributed by atoms with Crippen LogP contribution in [-0.2, 0) is 21.2 Å². The van der Waals surface area contributed by atoms with Crippen LogP contribution >= 0.6 is 0 Å². The monoisotopic (exact) mass is 348 g/mol. The Morgan fingerprint density at radius 2 is 2.09 bits per heavy atom. The first-order valence-corrected chi connectivity index (χ1v) is 8.92. The summed E-state index contributed by atoms with van der Waals surface area (Å²) < 4.78 is 27.1. The SMILES string of the molecule is CCc1ncc(S(=O)(=O)NC2CCN(CCO)CC2)[nH]1.O=CO. The topological polar surface area (TPSA) is 136 Å². The van der Waals surface area contributed by atoms with E-state index in [1.54, 1.807) is 0 Å². The number of sulfonamides is 1. The van der Waals surface area contributed by atoms with Crippen LogP contribution in [0.5, 0.6) is 0 Å². The number of nitrogens with zero attached hydrogens (tertiary/aromatic N) is 2. The lowest BCUT2D eigenvalue weighted by atomic mass is 10.1. The van der Waals surface area contributed by atoms with Gasteiger partial charge in [-0.1, -0.05) is 6.92 Å². The molecule has 2 heterocycles. The molecule has 0 unspecified atom stereocenters. The predicted molar refractivity (Wildman–Crippen MR) is 83.5 cm³/mol. The zero-order chi connectivity index (χ0) is 17.3. The van der Waals surface area contributed by atoms with Crippen LogP contribution in [-0.4, -0.2) is 72.3 Å². The zero-order valence-corrected chi connectivity index (χ0v) is 13.9. The Morgan fingerprint density at radius 1 is 1.48 bits per heavy atom. The number of aliphatic hydroxyl groups is 1. The van der Waals surface area contributed by atoms with Crippen molar-refractivity contribution >= 4 is 16.5 Å². The number of aliphatic hydroxyl groups excluding tert-OH is 1. The maximum absolute atomic E-state index is 12.2. The molecule has 1 saturated heterocycles. The molecule has 0 spiro atoms. The van der Waals surface area contributed by atoms with Gasteiger partial charge in [-0.05, 0) is 25.9 Å². The highest BCUT2D eigenvalue weighted by molar-refractivity contribution is 7.89. The third-order valence-electron chi connectivity index (χ3n) is 3.56. The fourth-order valence-electron chi connectivity index (χ4n) is 2.36. The van der Waals surface area contributed by atoms with E-state index in [4.69, 9.17) is 15.0 Å². The van der Waals surface area contributed by atoms with Crippen molar-refractivity contribution in [3.8, 4) is 0 Å². The Morgan fingerprint density at radius 3 is 2.57 bits per heavy atom. The molecule has 0 aromatic carbocycles. The number of carboxylic acid groups (broad SMARTS) is 1. The molecule has 132 valence electrons. The number of aryl methyl sites for hydroxylation is 1. The van der Waals surface area contributed by atoms with Gasteiger partial charge in [0, 0.05) is 19.0 Å². The second kappa shape index (κ2) is 9.60. The molecule has 1 aliphatic heterocycles. The Balaban J connectivity index is 0.000000816. The van der Waals surface area contributed by atoms with E-state index in [1.807, 2.05) is 6.92 Å². The van der Waals surface area contributed by atoms with Crippen LogP contribution in [0.1, 0.15) is 25.6 Å². The maximum atomic E-state index is 12.2. The van der Waals surface area contributed by atoms with Crippen molar-refractivity contribution in [1.29, 1.82) is 0 Å². The minimum atomic E-state index is -3.51. The van der Waals surface area contributed by atoms with Gasteiger partial charge in [0.15, 0.2) is 5.03 Å². The van der Waals surface area contributed by atoms with Crippen molar-refractivity contribution in [3.63, 3.8) is 0 Å². The number of aromatic nitrogens is 2. The van der Waals surface area contributed by atoms with Gasteiger partial charge in [-0.15, -0.1) is 0 Å². The van der Waals surface area contributed by atoms with Gasteiger partial charge in [-0.2, -0.15) is 0 Å². The molecule has 0 amide bonds. The summed E-state index contributed by atoms with van der Waals surface area (Å²) in [5, 5.41) is 15.9. The van der Waals surface area contributed by atoms with E-state index in [0.29, 0.717) is 18.8 Å². The number of hydrogen-bond acceptors (Lipinski definition) is 6. The first-order chi connectivity index (χ1) is 11.0. The van der Waals surface area contributed by atoms with E-state index < -0.39 is 10.0 Å². The molecule has 0 atom stereocenters. The molecule has 10 heteroatoms. The molecule has 1 aromatic heterocycles. The third-order valence-corrected chi connectivity index (χ3v) is 4.99. The summed E-state index contributed by atoms with van der Waals surface area (Å²) in [5.41, 5.74) is 0. The largest absolute Gasteiger partial charge is 0.483 e. The molecule has 0 saturated carbocycles. The summed E-state index contributed by atoms with van der Waals surface area (Å²) in [6.45, 7) is 4.07. The number of likely N-dealkylation sites (tertiary alicyclic amines) is 1. The number of H-pyrrole nitrogens is 1. The van der Waals surface area contributed by atoms with Crippen molar-refractivity contribution in [2.75, 3.05) is 26.2 Å². The highest BCUT2D eigenvalue weighted by Gasteiger charge is 2.25. The summed E-state index contributed by atoms with van der Waals surface area (Å²) in [4.78, 5) is 17.3. The number of hydrogen-bond donors (Lipinski definition) is 4. The van der Waals surface area contributed by atoms with Crippen molar-refractivity contribution in [2.45, 2.75) is 37.3 Å².